The molecule has 0 spiro atoms. The molecule has 0 saturated carbocycles. The van der Waals surface area contributed by atoms with Crippen LogP contribution >= 0.6 is 12.2 Å². The van der Waals surface area contributed by atoms with Gasteiger partial charge >= 0.3 is 0 Å². The minimum atomic E-state index is 0.223. The first kappa shape index (κ1) is 14.2. The van der Waals surface area contributed by atoms with Crippen LogP contribution in [0.15, 0.2) is 18.3 Å². The molecule has 3 N–H and O–H groups in total. The quantitative estimate of drug-likeness (QED) is 0.769. The lowest BCUT2D eigenvalue weighted by molar-refractivity contribution is 0.204. The van der Waals surface area contributed by atoms with Gasteiger partial charge in [-0.3, -0.25) is 9.88 Å². The van der Waals surface area contributed by atoms with E-state index < -0.39 is 0 Å². The Balaban J connectivity index is 2.05. The summed E-state index contributed by atoms with van der Waals surface area (Å²) in [6.07, 6.45) is 2.84. The number of aromatic nitrogens is 1. The van der Waals surface area contributed by atoms with Crippen LogP contribution in [0.25, 0.3) is 0 Å². The smallest absolute Gasteiger partial charge is 0.122 e. The highest BCUT2D eigenvalue weighted by Crippen LogP contribution is 2.17. The van der Waals surface area contributed by atoms with Crippen molar-refractivity contribution in [3.8, 4) is 0 Å². The van der Waals surface area contributed by atoms with Gasteiger partial charge in [-0.05, 0) is 25.1 Å². The lowest BCUT2D eigenvalue weighted by atomic mass is 10.2. The molecule has 2 rings (SSSR count). The Labute approximate surface area is 119 Å². The molecule has 0 radical (unpaired) electrons. The first-order valence-electron chi connectivity index (χ1n) is 6.54. The van der Waals surface area contributed by atoms with Crippen molar-refractivity contribution in [3.05, 3.63) is 24.0 Å². The summed E-state index contributed by atoms with van der Waals surface area (Å²) in [4.78, 5) is 9.10. The summed E-state index contributed by atoms with van der Waals surface area (Å²) in [7, 11) is 0. The summed E-state index contributed by atoms with van der Waals surface area (Å²) >= 11 is 4.96. The van der Waals surface area contributed by atoms with E-state index in [1.54, 1.807) is 6.20 Å². The lowest BCUT2D eigenvalue weighted by Gasteiger charge is -2.23. The van der Waals surface area contributed by atoms with E-state index in [2.05, 4.69) is 14.8 Å². The Morgan fingerprint density at radius 3 is 2.95 bits per heavy atom. The number of aliphatic hydroxyl groups is 1. The molecule has 19 heavy (non-hydrogen) atoms. The topological polar surface area (TPSA) is 65.6 Å². The van der Waals surface area contributed by atoms with Gasteiger partial charge in [-0.1, -0.05) is 12.2 Å². The van der Waals surface area contributed by atoms with Gasteiger partial charge in [-0.15, -0.1) is 0 Å². The van der Waals surface area contributed by atoms with Gasteiger partial charge in [0.25, 0.3) is 0 Å². The average Bonchev–Trinajstić information content (AvgIpc) is 2.65. The van der Waals surface area contributed by atoms with E-state index in [4.69, 9.17) is 23.1 Å². The van der Waals surface area contributed by atoms with Crippen LogP contribution in [0.5, 0.6) is 0 Å². The average molecular weight is 280 g/mol. The first-order chi connectivity index (χ1) is 9.20. The molecule has 5 nitrogen and oxygen atoms in total. The van der Waals surface area contributed by atoms with Crippen LogP contribution in [-0.2, 0) is 0 Å². The van der Waals surface area contributed by atoms with E-state index in [1.807, 2.05) is 12.1 Å². The van der Waals surface area contributed by atoms with Crippen molar-refractivity contribution in [2.24, 2.45) is 5.73 Å². The van der Waals surface area contributed by atoms with Crippen molar-refractivity contribution in [3.63, 3.8) is 0 Å². The molecule has 0 atom stereocenters. The van der Waals surface area contributed by atoms with Gasteiger partial charge in [0.15, 0.2) is 0 Å². The Morgan fingerprint density at radius 2 is 2.21 bits per heavy atom. The zero-order chi connectivity index (χ0) is 13.7. The van der Waals surface area contributed by atoms with Gasteiger partial charge in [-0.2, -0.15) is 0 Å². The minimum Gasteiger partial charge on any atom is -0.395 e. The summed E-state index contributed by atoms with van der Waals surface area (Å²) in [6, 6.07) is 3.94. The second-order valence-corrected chi connectivity index (χ2v) is 5.11. The summed E-state index contributed by atoms with van der Waals surface area (Å²) in [6.45, 7) is 4.92. The molecule has 0 amide bonds. The summed E-state index contributed by atoms with van der Waals surface area (Å²) < 4.78 is 0. The molecule has 1 aliphatic rings. The molecule has 1 aromatic heterocycles. The van der Waals surface area contributed by atoms with Gasteiger partial charge in [0.05, 0.1) is 12.3 Å². The van der Waals surface area contributed by atoms with Gasteiger partial charge in [-0.25, -0.2) is 0 Å². The Kier molecular flexibility index (Phi) is 5.07. The Morgan fingerprint density at radius 1 is 1.37 bits per heavy atom. The van der Waals surface area contributed by atoms with Crippen LogP contribution in [0.1, 0.15) is 12.1 Å². The number of hydrogen-bond donors (Lipinski definition) is 2. The largest absolute Gasteiger partial charge is 0.395 e. The fourth-order valence-corrected chi connectivity index (χ4v) is 2.46. The number of nitrogens with two attached hydrogens (primary N) is 1. The van der Waals surface area contributed by atoms with E-state index in [9.17, 15) is 0 Å². The fourth-order valence-electron chi connectivity index (χ4n) is 2.34. The molecule has 0 unspecified atom stereocenters. The molecule has 1 aliphatic heterocycles. The monoisotopic (exact) mass is 280 g/mol. The number of aliphatic hydroxyl groups excluding tert-OH is 1. The molecule has 6 heteroatoms. The third-order valence-corrected chi connectivity index (χ3v) is 3.58. The van der Waals surface area contributed by atoms with Crippen LogP contribution in [-0.4, -0.2) is 59.3 Å². The normalized spacial score (nSPS) is 17.2. The molecule has 0 aromatic carbocycles. The molecular formula is C13H20N4OS. The zero-order valence-corrected chi connectivity index (χ0v) is 11.8. The van der Waals surface area contributed by atoms with Crippen LogP contribution in [0.2, 0.25) is 0 Å². The van der Waals surface area contributed by atoms with Crippen molar-refractivity contribution in [2.75, 3.05) is 44.2 Å². The maximum Gasteiger partial charge on any atom is 0.122 e. The van der Waals surface area contributed by atoms with Gasteiger partial charge in [0.1, 0.15) is 4.99 Å². The van der Waals surface area contributed by atoms with Crippen LogP contribution in [0.4, 0.5) is 5.69 Å². The number of anilines is 1. The van der Waals surface area contributed by atoms with Crippen molar-refractivity contribution in [1.29, 1.82) is 0 Å². The summed E-state index contributed by atoms with van der Waals surface area (Å²) in [5.41, 5.74) is 7.40. The molecule has 1 aromatic rings. The third-order valence-electron chi connectivity index (χ3n) is 3.37. The summed E-state index contributed by atoms with van der Waals surface area (Å²) in [5.74, 6) is 0. The molecule has 1 fully saturated rings. The van der Waals surface area contributed by atoms with E-state index in [0.29, 0.717) is 10.7 Å². The van der Waals surface area contributed by atoms with Crippen LogP contribution in [0, 0.1) is 0 Å². The highest BCUT2D eigenvalue weighted by Gasteiger charge is 2.15. The zero-order valence-electron chi connectivity index (χ0n) is 11.0. The van der Waals surface area contributed by atoms with Crippen LogP contribution in [0.3, 0.4) is 0 Å². The van der Waals surface area contributed by atoms with Crippen molar-refractivity contribution < 1.29 is 5.11 Å². The Hall–Kier alpha value is -1.24. The second kappa shape index (κ2) is 6.79. The molecule has 0 bridgehead atoms. The maximum atomic E-state index is 9.00. The van der Waals surface area contributed by atoms with E-state index in [1.165, 1.54) is 0 Å². The predicted octanol–water partition coefficient (Wildman–Crippen LogP) is 0.220. The number of rotatable bonds is 4. The van der Waals surface area contributed by atoms with Gasteiger partial charge < -0.3 is 15.7 Å². The van der Waals surface area contributed by atoms with Crippen molar-refractivity contribution in [1.82, 2.24) is 9.88 Å². The predicted molar refractivity (Wildman–Crippen MR) is 80.5 cm³/mol. The van der Waals surface area contributed by atoms with Gasteiger partial charge in [0, 0.05) is 38.1 Å². The SMILES string of the molecule is NC(=S)c1cc(N2CCCN(CCO)CC2)ccn1. The minimum absolute atomic E-state index is 0.223. The Bertz CT molecular complexity index is 440. The summed E-state index contributed by atoms with van der Waals surface area (Å²) in [5, 5.41) is 9.00. The van der Waals surface area contributed by atoms with E-state index in [0.717, 1.165) is 44.8 Å². The van der Waals surface area contributed by atoms with Gasteiger partial charge in [0.2, 0.25) is 0 Å². The van der Waals surface area contributed by atoms with E-state index >= 15 is 0 Å². The standard InChI is InChI=1S/C13H20N4OS/c14-13(19)12-10-11(2-3-15-12)17-5-1-4-16(6-7-17)8-9-18/h2-3,10,18H,1,4-9H2,(H2,14,19). The molecular weight excluding hydrogens is 260 g/mol. The molecule has 1 saturated heterocycles. The third kappa shape index (κ3) is 3.86. The molecule has 0 aliphatic carbocycles. The number of thiocarbonyl (C=S) groups is 1. The number of nitrogens with zero attached hydrogens (tertiary/aromatic N) is 3. The maximum absolute atomic E-state index is 9.00. The first-order valence-corrected chi connectivity index (χ1v) is 6.95. The number of hydrogen-bond acceptors (Lipinski definition) is 5. The van der Waals surface area contributed by atoms with Crippen molar-refractivity contribution >= 4 is 22.9 Å². The highest BCUT2D eigenvalue weighted by molar-refractivity contribution is 7.80. The van der Waals surface area contributed by atoms with E-state index in [-0.39, 0.29) is 6.61 Å². The van der Waals surface area contributed by atoms with Crippen LogP contribution < -0.4 is 10.6 Å². The molecule has 2 heterocycles. The van der Waals surface area contributed by atoms with Crippen molar-refractivity contribution in [2.45, 2.75) is 6.42 Å². The highest BCUT2D eigenvalue weighted by atomic mass is 32.1. The fraction of sp³-hybridized carbons (Fsp3) is 0.538. The lowest BCUT2D eigenvalue weighted by Crippen LogP contribution is -2.32. The molecule has 104 valence electrons. The second-order valence-electron chi connectivity index (χ2n) is 4.67. The number of β-amino-alcohol motifs (C(OH)–C–C–N with tert-alkyl or cyclic N) is 1. The number of pyridine rings is 1.